The molecular weight excluding hydrogens is 284 g/mol. The van der Waals surface area contributed by atoms with Crippen LogP contribution in [0.3, 0.4) is 0 Å². The molecule has 128 valence electrons. The number of hydrogen-bond acceptors (Lipinski definition) is 1. The van der Waals surface area contributed by atoms with Crippen LogP contribution in [-0.4, -0.2) is 11.1 Å². The predicted molar refractivity (Wildman–Crippen MR) is 101 cm³/mol. The third kappa shape index (κ3) is 20.2. The summed E-state index contributed by atoms with van der Waals surface area (Å²) >= 11 is 0. The van der Waals surface area contributed by atoms with Crippen molar-refractivity contribution in [2.45, 2.75) is 64.7 Å². The summed E-state index contributed by atoms with van der Waals surface area (Å²) in [7, 11) is 0. The first kappa shape index (κ1) is 21.2. The second-order valence-corrected chi connectivity index (χ2v) is 5.37. The average molecular weight is 316 g/mol. The molecule has 0 rings (SSSR count). The zero-order chi connectivity index (χ0) is 17.0. The summed E-state index contributed by atoms with van der Waals surface area (Å²) in [5, 5.41) is 8.48. The summed E-state index contributed by atoms with van der Waals surface area (Å²) in [5.74, 6) is -0.739. The van der Waals surface area contributed by atoms with Crippen molar-refractivity contribution >= 4 is 5.97 Å². The minimum atomic E-state index is -0.739. The van der Waals surface area contributed by atoms with Crippen LogP contribution in [0.5, 0.6) is 0 Å². The Kier molecular flexibility index (Phi) is 16.8. The van der Waals surface area contributed by atoms with Crippen LogP contribution in [-0.2, 0) is 4.79 Å². The van der Waals surface area contributed by atoms with E-state index in [1.165, 1.54) is 19.3 Å². The van der Waals surface area contributed by atoms with E-state index in [2.05, 4.69) is 55.5 Å². The minimum Gasteiger partial charge on any atom is -0.481 e. The van der Waals surface area contributed by atoms with Crippen molar-refractivity contribution in [2.75, 3.05) is 0 Å². The van der Waals surface area contributed by atoms with E-state index in [4.69, 9.17) is 5.11 Å². The molecule has 0 aliphatic carbocycles. The molecule has 0 atom stereocenters. The number of carbonyl (C=O) groups is 1. The van der Waals surface area contributed by atoms with E-state index in [0.29, 0.717) is 6.42 Å². The van der Waals surface area contributed by atoms with Gasteiger partial charge >= 0.3 is 5.97 Å². The fourth-order valence-corrected chi connectivity index (χ4v) is 1.85. The molecule has 2 heteroatoms. The molecule has 0 aliphatic rings. The van der Waals surface area contributed by atoms with Crippen molar-refractivity contribution in [3.05, 3.63) is 60.8 Å². The number of aliphatic carboxylic acids is 1. The smallest absolute Gasteiger partial charge is 0.303 e. The van der Waals surface area contributed by atoms with E-state index >= 15 is 0 Å². The first-order valence-electron chi connectivity index (χ1n) is 8.74. The zero-order valence-corrected chi connectivity index (χ0v) is 14.5. The van der Waals surface area contributed by atoms with Crippen molar-refractivity contribution in [2.24, 2.45) is 0 Å². The molecule has 1 N–H and O–H groups in total. The van der Waals surface area contributed by atoms with E-state index in [0.717, 1.165) is 25.7 Å². The van der Waals surface area contributed by atoms with E-state index in [-0.39, 0.29) is 6.42 Å². The maximum Gasteiger partial charge on any atom is 0.303 e. The molecule has 23 heavy (non-hydrogen) atoms. The summed E-state index contributed by atoms with van der Waals surface area (Å²) in [6, 6.07) is 0. The molecule has 2 nitrogen and oxygen atoms in total. The van der Waals surface area contributed by atoms with Crippen LogP contribution in [0.4, 0.5) is 0 Å². The highest BCUT2D eigenvalue weighted by atomic mass is 16.4. The third-order valence-electron chi connectivity index (χ3n) is 3.17. The van der Waals surface area contributed by atoms with Gasteiger partial charge in [-0.25, -0.2) is 0 Å². The van der Waals surface area contributed by atoms with Crippen molar-refractivity contribution in [3.8, 4) is 0 Å². The fourth-order valence-electron chi connectivity index (χ4n) is 1.85. The van der Waals surface area contributed by atoms with E-state index in [9.17, 15) is 4.79 Å². The van der Waals surface area contributed by atoms with Crippen LogP contribution in [0, 0.1) is 0 Å². The largest absolute Gasteiger partial charge is 0.481 e. The van der Waals surface area contributed by atoms with E-state index in [1.54, 1.807) is 0 Å². The minimum absolute atomic E-state index is 0.213. The second kappa shape index (κ2) is 18.2. The zero-order valence-electron chi connectivity index (χ0n) is 14.5. The second-order valence-electron chi connectivity index (χ2n) is 5.37. The molecule has 0 aromatic heterocycles. The number of unbranched alkanes of at least 4 members (excludes halogenated alkanes) is 2. The lowest BCUT2D eigenvalue weighted by Crippen LogP contribution is -1.91. The highest BCUT2D eigenvalue weighted by molar-refractivity contribution is 5.66. The van der Waals surface area contributed by atoms with Crippen molar-refractivity contribution in [3.63, 3.8) is 0 Å². The van der Waals surface area contributed by atoms with Gasteiger partial charge in [0.05, 0.1) is 0 Å². The Labute approximate surface area is 142 Å². The van der Waals surface area contributed by atoms with Gasteiger partial charge in [-0.2, -0.15) is 0 Å². The maximum absolute atomic E-state index is 10.3. The molecule has 0 aromatic carbocycles. The van der Waals surface area contributed by atoms with Crippen LogP contribution in [0.2, 0.25) is 0 Å². The van der Waals surface area contributed by atoms with E-state index in [1.807, 2.05) is 12.2 Å². The quantitative estimate of drug-likeness (QED) is 0.298. The molecule has 0 aromatic rings. The molecule has 0 fully saturated rings. The third-order valence-corrected chi connectivity index (χ3v) is 3.17. The number of allylic oxidation sites excluding steroid dienone is 10. The van der Waals surface area contributed by atoms with Gasteiger partial charge in [-0.15, -0.1) is 0 Å². The van der Waals surface area contributed by atoms with Crippen molar-refractivity contribution < 1.29 is 9.90 Å². The molecule has 0 saturated carbocycles. The molecule has 0 aliphatic heterocycles. The Morgan fingerprint density at radius 3 is 1.48 bits per heavy atom. The van der Waals surface area contributed by atoms with Gasteiger partial charge < -0.3 is 5.11 Å². The summed E-state index contributed by atoms with van der Waals surface area (Å²) < 4.78 is 0. The first-order chi connectivity index (χ1) is 11.3. The highest BCUT2D eigenvalue weighted by Crippen LogP contribution is 1.98. The summed E-state index contributed by atoms with van der Waals surface area (Å²) in [5.41, 5.74) is 0. The number of hydrogen-bond donors (Lipinski definition) is 1. The van der Waals surface area contributed by atoms with Gasteiger partial charge in [-0.3, -0.25) is 4.79 Å². The molecule has 0 amide bonds. The van der Waals surface area contributed by atoms with Crippen LogP contribution >= 0.6 is 0 Å². The average Bonchev–Trinajstić information content (AvgIpc) is 2.53. The molecule has 0 heterocycles. The summed E-state index contributed by atoms with van der Waals surface area (Å²) in [4.78, 5) is 10.3. The van der Waals surface area contributed by atoms with Crippen molar-refractivity contribution in [1.82, 2.24) is 0 Å². The standard InChI is InChI=1S/C21H32O2/c1-2-3-4-5-6-7-8-9-10-11-12-13-14-15-16-17-18-19-20-21(22)23/h5-6,8-9,11-12,14-15,17-18H,2-4,7,10,13,16,19-20H2,1H3,(H,22,23)/b6-5-,9-8-,12-11-,15-14-,18-17-. The molecule has 0 spiro atoms. The Bertz CT molecular complexity index is 412. The van der Waals surface area contributed by atoms with Crippen LogP contribution in [0.15, 0.2) is 60.8 Å². The maximum atomic E-state index is 10.3. The van der Waals surface area contributed by atoms with Gasteiger partial charge in [-0.1, -0.05) is 80.5 Å². The Morgan fingerprint density at radius 1 is 0.696 bits per heavy atom. The topological polar surface area (TPSA) is 37.3 Å². The number of carboxylic acid groups (broad SMARTS) is 1. The number of carboxylic acids is 1. The van der Waals surface area contributed by atoms with Gasteiger partial charge in [0.15, 0.2) is 0 Å². The fraction of sp³-hybridized carbons (Fsp3) is 0.476. The van der Waals surface area contributed by atoms with Gasteiger partial charge in [0.2, 0.25) is 0 Å². The lowest BCUT2D eigenvalue weighted by atomic mass is 10.2. The van der Waals surface area contributed by atoms with Crippen molar-refractivity contribution in [1.29, 1.82) is 0 Å². The van der Waals surface area contributed by atoms with E-state index < -0.39 is 5.97 Å². The van der Waals surface area contributed by atoms with Crippen LogP contribution < -0.4 is 0 Å². The molecule has 0 unspecified atom stereocenters. The molecule has 0 saturated heterocycles. The van der Waals surface area contributed by atoms with Crippen LogP contribution in [0.25, 0.3) is 0 Å². The van der Waals surface area contributed by atoms with Gasteiger partial charge in [0.25, 0.3) is 0 Å². The lowest BCUT2D eigenvalue weighted by Gasteiger charge is -1.88. The Balaban J connectivity index is 3.47. The van der Waals surface area contributed by atoms with Crippen LogP contribution in [0.1, 0.15) is 64.7 Å². The summed E-state index contributed by atoms with van der Waals surface area (Å²) in [6.07, 6.45) is 29.9. The van der Waals surface area contributed by atoms with Gasteiger partial charge in [0, 0.05) is 6.42 Å². The normalized spacial score (nSPS) is 12.7. The lowest BCUT2D eigenvalue weighted by molar-refractivity contribution is -0.136. The van der Waals surface area contributed by atoms with Gasteiger partial charge in [0.1, 0.15) is 0 Å². The molecular formula is C21H32O2. The highest BCUT2D eigenvalue weighted by Gasteiger charge is 1.90. The number of rotatable bonds is 14. The summed E-state index contributed by atoms with van der Waals surface area (Å²) in [6.45, 7) is 2.22. The Hall–Kier alpha value is -1.83. The SMILES string of the molecule is CCCC/C=C\C/C=C\C/C=C\C/C=C\C/C=C\CCC(=O)O. The van der Waals surface area contributed by atoms with Gasteiger partial charge in [-0.05, 0) is 38.5 Å². The first-order valence-corrected chi connectivity index (χ1v) is 8.74. The monoisotopic (exact) mass is 316 g/mol. The molecule has 0 bridgehead atoms. The molecule has 0 radical (unpaired) electrons. The predicted octanol–water partition coefficient (Wildman–Crippen LogP) is 6.38. The Morgan fingerprint density at radius 2 is 1.09 bits per heavy atom.